The largest absolute Gasteiger partial charge is 0.314 e. The van der Waals surface area contributed by atoms with Gasteiger partial charge in [0, 0.05) is 18.4 Å². The molecule has 0 amide bonds. The predicted octanol–water partition coefficient (Wildman–Crippen LogP) is 3.45. The first-order valence-electron chi connectivity index (χ1n) is 7.62. The number of Topliss-reactive ketones (excluding diaryl/α,β-unsaturated/α-hetero) is 1. The van der Waals surface area contributed by atoms with Crippen molar-refractivity contribution in [3.8, 4) is 0 Å². The second-order valence-corrected chi connectivity index (χ2v) is 5.84. The van der Waals surface area contributed by atoms with Crippen LogP contribution >= 0.6 is 0 Å². The maximum atomic E-state index is 12.2. The van der Waals surface area contributed by atoms with Crippen molar-refractivity contribution in [2.24, 2.45) is 5.92 Å². The highest BCUT2D eigenvalue weighted by Crippen LogP contribution is 2.25. The Morgan fingerprint density at radius 1 is 0.941 bits per heavy atom. The summed E-state index contributed by atoms with van der Waals surface area (Å²) in [6.45, 7) is 1.16. The van der Waals surface area contributed by atoms with Gasteiger partial charge >= 0.3 is 0 Å². The minimum atomic E-state index is 0.404. The van der Waals surface area contributed by atoms with Crippen molar-refractivity contribution in [1.82, 2.24) is 5.32 Å². The van der Waals surface area contributed by atoms with Crippen LogP contribution in [0.5, 0.6) is 0 Å². The van der Waals surface area contributed by atoms with Gasteiger partial charge < -0.3 is 5.32 Å². The normalized spacial score (nSPS) is 27.6. The molecule has 1 N–H and O–H groups in total. The van der Waals surface area contributed by atoms with E-state index in [1.807, 2.05) is 0 Å². The number of ketones is 1. The van der Waals surface area contributed by atoms with Gasteiger partial charge in [0.15, 0.2) is 0 Å². The van der Waals surface area contributed by atoms with E-state index in [0.717, 1.165) is 32.2 Å². The number of carbonyl (C=O) groups is 1. The van der Waals surface area contributed by atoms with Gasteiger partial charge in [-0.15, -0.1) is 0 Å². The molecule has 0 radical (unpaired) electrons. The van der Waals surface area contributed by atoms with Crippen LogP contribution in [0, 0.1) is 5.92 Å². The van der Waals surface area contributed by atoms with E-state index in [9.17, 15) is 4.79 Å². The highest BCUT2D eigenvalue weighted by atomic mass is 16.1. The molecule has 98 valence electrons. The van der Waals surface area contributed by atoms with Gasteiger partial charge in [0.05, 0.1) is 0 Å². The number of nitrogens with one attached hydrogen (secondary N) is 1. The van der Waals surface area contributed by atoms with Gasteiger partial charge in [0.25, 0.3) is 0 Å². The maximum absolute atomic E-state index is 12.2. The van der Waals surface area contributed by atoms with E-state index in [1.54, 1.807) is 0 Å². The molecule has 1 aliphatic carbocycles. The monoisotopic (exact) mass is 237 g/mol. The standard InChI is InChI=1S/C15H27NO/c17-15(13-7-3-1-2-4-8-13)11-10-14-9-5-6-12-16-14/h13-14,16H,1-12H2. The molecule has 0 aromatic rings. The summed E-state index contributed by atoms with van der Waals surface area (Å²) in [4.78, 5) is 12.2. The van der Waals surface area contributed by atoms with Crippen molar-refractivity contribution >= 4 is 5.78 Å². The molecular weight excluding hydrogens is 210 g/mol. The average molecular weight is 237 g/mol. The van der Waals surface area contributed by atoms with Crippen molar-refractivity contribution in [3.63, 3.8) is 0 Å². The first-order valence-corrected chi connectivity index (χ1v) is 7.62. The fraction of sp³-hybridized carbons (Fsp3) is 0.933. The van der Waals surface area contributed by atoms with E-state index in [2.05, 4.69) is 5.32 Å². The molecule has 0 spiro atoms. The average Bonchev–Trinajstić information content (AvgIpc) is 2.66. The summed E-state index contributed by atoms with van der Waals surface area (Å²) in [5.74, 6) is 0.959. The molecule has 1 saturated heterocycles. The Balaban J connectivity index is 1.68. The number of piperidine rings is 1. The van der Waals surface area contributed by atoms with Crippen LogP contribution in [0.2, 0.25) is 0 Å². The molecule has 2 fully saturated rings. The van der Waals surface area contributed by atoms with E-state index in [4.69, 9.17) is 0 Å². The Morgan fingerprint density at radius 2 is 1.65 bits per heavy atom. The van der Waals surface area contributed by atoms with E-state index in [1.165, 1.54) is 44.9 Å². The molecule has 1 heterocycles. The Hall–Kier alpha value is -0.370. The molecule has 0 aromatic carbocycles. The van der Waals surface area contributed by atoms with E-state index >= 15 is 0 Å². The number of carbonyl (C=O) groups excluding carboxylic acids is 1. The lowest BCUT2D eigenvalue weighted by atomic mass is 9.90. The molecule has 17 heavy (non-hydrogen) atoms. The van der Waals surface area contributed by atoms with Crippen molar-refractivity contribution in [3.05, 3.63) is 0 Å². The zero-order valence-corrected chi connectivity index (χ0v) is 11.0. The van der Waals surface area contributed by atoms with Gasteiger partial charge in [-0.05, 0) is 38.6 Å². The van der Waals surface area contributed by atoms with Gasteiger partial charge in [-0.1, -0.05) is 32.1 Å². The van der Waals surface area contributed by atoms with Crippen LogP contribution in [0.4, 0.5) is 0 Å². The van der Waals surface area contributed by atoms with Gasteiger partial charge in [-0.3, -0.25) is 4.79 Å². The molecule has 1 unspecified atom stereocenters. The summed E-state index contributed by atoms with van der Waals surface area (Å²) < 4.78 is 0. The molecule has 1 atom stereocenters. The Kier molecular flexibility index (Phi) is 5.50. The molecule has 1 aliphatic heterocycles. The van der Waals surface area contributed by atoms with Crippen LogP contribution in [0.3, 0.4) is 0 Å². The van der Waals surface area contributed by atoms with Gasteiger partial charge in [-0.25, -0.2) is 0 Å². The third-order valence-electron chi connectivity index (χ3n) is 4.46. The quantitative estimate of drug-likeness (QED) is 0.759. The summed E-state index contributed by atoms with van der Waals surface area (Å²) in [7, 11) is 0. The topological polar surface area (TPSA) is 29.1 Å². The summed E-state index contributed by atoms with van der Waals surface area (Å²) in [6.07, 6.45) is 13.4. The lowest BCUT2D eigenvalue weighted by Gasteiger charge is -2.23. The second-order valence-electron chi connectivity index (χ2n) is 5.84. The predicted molar refractivity (Wildman–Crippen MR) is 71.1 cm³/mol. The van der Waals surface area contributed by atoms with Gasteiger partial charge in [0.2, 0.25) is 0 Å². The van der Waals surface area contributed by atoms with E-state index in [0.29, 0.717) is 17.7 Å². The minimum Gasteiger partial charge on any atom is -0.314 e. The fourth-order valence-corrected chi connectivity index (χ4v) is 3.29. The van der Waals surface area contributed by atoms with Gasteiger partial charge in [0.1, 0.15) is 5.78 Å². The molecule has 2 aliphatic rings. The van der Waals surface area contributed by atoms with Crippen LogP contribution in [-0.2, 0) is 4.79 Å². The van der Waals surface area contributed by atoms with Crippen molar-refractivity contribution in [1.29, 1.82) is 0 Å². The summed E-state index contributed by atoms with van der Waals surface area (Å²) in [5.41, 5.74) is 0. The first kappa shape index (κ1) is 13.1. The number of hydrogen-bond donors (Lipinski definition) is 1. The third kappa shape index (κ3) is 4.42. The number of rotatable bonds is 4. The van der Waals surface area contributed by atoms with E-state index in [-0.39, 0.29) is 0 Å². The Bertz CT molecular complexity index is 225. The molecule has 1 saturated carbocycles. The van der Waals surface area contributed by atoms with Crippen LogP contribution in [-0.4, -0.2) is 18.4 Å². The maximum Gasteiger partial charge on any atom is 0.136 e. The molecule has 0 bridgehead atoms. The zero-order valence-electron chi connectivity index (χ0n) is 11.0. The van der Waals surface area contributed by atoms with Crippen LogP contribution < -0.4 is 5.32 Å². The smallest absolute Gasteiger partial charge is 0.136 e. The summed E-state index contributed by atoms with van der Waals surface area (Å²) in [6, 6.07) is 0.624. The molecule has 0 aromatic heterocycles. The van der Waals surface area contributed by atoms with Crippen LogP contribution in [0.15, 0.2) is 0 Å². The van der Waals surface area contributed by atoms with Crippen molar-refractivity contribution in [2.45, 2.75) is 76.7 Å². The molecule has 2 nitrogen and oxygen atoms in total. The van der Waals surface area contributed by atoms with Crippen molar-refractivity contribution in [2.75, 3.05) is 6.54 Å². The summed E-state index contributed by atoms with van der Waals surface area (Å²) in [5, 5.41) is 3.54. The van der Waals surface area contributed by atoms with Crippen LogP contribution in [0.25, 0.3) is 0 Å². The highest BCUT2D eigenvalue weighted by molar-refractivity contribution is 5.81. The van der Waals surface area contributed by atoms with Gasteiger partial charge in [-0.2, -0.15) is 0 Å². The fourth-order valence-electron chi connectivity index (χ4n) is 3.29. The summed E-state index contributed by atoms with van der Waals surface area (Å²) >= 11 is 0. The SMILES string of the molecule is O=C(CCC1CCCCN1)C1CCCCCC1. The minimum absolute atomic E-state index is 0.404. The Morgan fingerprint density at radius 3 is 2.29 bits per heavy atom. The molecular formula is C15H27NO. The third-order valence-corrected chi connectivity index (χ3v) is 4.46. The number of hydrogen-bond acceptors (Lipinski definition) is 2. The van der Waals surface area contributed by atoms with Crippen LogP contribution in [0.1, 0.15) is 70.6 Å². The van der Waals surface area contributed by atoms with Crippen molar-refractivity contribution < 1.29 is 4.79 Å². The highest BCUT2D eigenvalue weighted by Gasteiger charge is 2.21. The lowest BCUT2D eigenvalue weighted by molar-refractivity contribution is -0.123. The Labute approximate surface area is 106 Å². The zero-order chi connectivity index (χ0) is 11.9. The molecule has 2 heteroatoms. The lowest BCUT2D eigenvalue weighted by Crippen LogP contribution is -2.34. The second kappa shape index (κ2) is 7.15. The van der Waals surface area contributed by atoms with E-state index < -0.39 is 0 Å². The molecule has 2 rings (SSSR count). The first-order chi connectivity index (χ1) is 8.36.